The maximum absolute atomic E-state index is 14.3. The molecule has 5 N–H and O–H groups in total. The van der Waals surface area contributed by atoms with E-state index in [1.54, 1.807) is 0 Å². The molecule has 0 saturated carbocycles. The summed E-state index contributed by atoms with van der Waals surface area (Å²) in [6.45, 7) is 4.14. The van der Waals surface area contributed by atoms with E-state index in [0.29, 0.717) is 10.5 Å². The molecule has 4 atom stereocenters. The number of thioether (sulfide) groups is 1. The first kappa shape index (κ1) is 42.4. The summed E-state index contributed by atoms with van der Waals surface area (Å²) in [5.74, 6) is -9.71. The van der Waals surface area contributed by atoms with Gasteiger partial charge in [0.1, 0.15) is 17.5 Å². The third-order valence-corrected chi connectivity index (χ3v) is 10.5. The molecular weight excluding hydrogens is 759 g/mol. The van der Waals surface area contributed by atoms with Crippen molar-refractivity contribution in [3.05, 3.63) is 47.5 Å². The summed E-state index contributed by atoms with van der Waals surface area (Å²) in [5.41, 5.74) is -2.42. The van der Waals surface area contributed by atoms with Gasteiger partial charge in [-0.25, -0.2) is 4.79 Å². The Hall–Kier alpha value is -5.38. The molecule has 286 valence electrons. The number of β-lactam (4-membered cyclic amide) rings is 1. The van der Waals surface area contributed by atoms with E-state index < -0.39 is 92.7 Å². The number of amides is 7. The molecule has 0 spiro atoms. The smallest absolute Gasteiger partial charge is 0.545 e. The second-order valence-corrected chi connectivity index (χ2v) is 14.5. The molecule has 5 rings (SSSR count). The predicted octanol–water partition coefficient (Wildman–Crippen LogP) is -5.06. The number of esters is 2. The molecule has 0 bridgehead atoms. The molecule has 3 aliphatic rings. The molecule has 1 unspecified atom stereocenters. The minimum Gasteiger partial charge on any atom is -0.545 e. The van der Waals surface area contributed by atoms with Gasteiger partial charge in [0.05, 0.1) is 10.7 Å². The maximum Gasteiger partial charge on any atom is 1.00 e. The summed E-state index contributed by atoms with van der Waals surface area (Å²) < 4.78 is 8.71. The Morgan fingerprint density at radius 2 is 1.62 bits per heavy atom. The van der Waals surface area contributed by atoms with Crippen LogP contribution < -0.4 is 60.1 Å². The van der Waals surface area contributed by atoms with Crippen LogP contribution in [0, 0.1) is 0 Å². The fourth-order valence-electron chi connectivity index (χ4n) is 6.29. The number of piperazine rings is 1. The summed E-state index contributed by atoms with van der Waals surface area (Å²) in [6, 6.07) is 2.73. The number of rotatable bonds is 11. The number of urea groups is 1. The van der Waals surface area contributed by atoms with Crippen molar-refractivity contribution in [1.29, 1.82) is 0 Å². The largest absolute Gasteiger partial charge is 1.00 e. The van der Waals surface area contributed by atoms with E-state index in [4.69, 9.17) is 9.47 Å². The minimum atomic E-state index is -2.57. The number of hydrogen-bond acceptors (Lipinski definition) is 15. The monoisotopic (exact) mass is 792 g/mol. The van der Waals surface area contributed by atoms with E-state index in [0.717, 1.165) is 53.6 Å². The van der Waals surface area contributed by atoms with Gasteiger partial charge >= 0.3 is 59.3 Å². The molecule has 3 heterocycles. The molecule has 55 heavy (non-hydrogen) atoms. The first-order valence-corrected chi connectivity index (χ1v) is 16.9. The average Bonchev–Trinajstić information content (AvgIpc) is 3.30. The zero-order valence-corrected chi connectivity index (χ0v) is 32.8. The number of carbonyl (C=O) groups is 9. The van der Waals surface area contributed by atoms with Gasteiger partial charge in [-0.15, -0.1) is 11.8 Å². The molecule has 0 radical (unpaired) electrons. The number of ether oxygens (including phenoxy) is 2. The standard InChI is InChI=1S/C33H34N6O14S.Na/c1-15(41)52-21-8-6-18(12-22(21)53-16(2)42)23(25(45)36-33(30(49)50)32(3,4)54-29-24(34-14-40)26(46)39(29)33)35-31(51)38-10-9-37(27(47)28(38)48)13-17-5-7-19(43)20(44)11-17;/h5-8,11-12,14,23-24,29,43-44H,9-10,13H2,1-4H3,(H,34,40)(H,35,51)(H,36,45)(H,49,50);/q;+1/p-1/t23?,24-,29-,33+;/m1./s1. The number of carboxylic acids is 1. The molecule has 3 aliphatic heterocycles. The van der Waals surface area contributed by atoms with Gasteiger partial charge in [0.2, 0.25) is 12.3 Å². The Kier molecular flexibility index (Phi) is 12.4. The van der Waals surface area contributed by atoms with Crippen molar-refractivity contribution < 1.29 is 97.5 Å². The van der Waals surface area contributed by atoms with Gasteiger partial charge in [0, 0.05) is 33.5 Å². The number of aromatic hydroxyl groups is 2. The fraction of sp³-hybridized carbons (Fsp3) is 0.364. The number of hydrogen-bond donors (Lipinski definition) is 5. The third kappa shape index (κ3) is 7.90. The Balaban J connectivity index is 0.00000673. The first-order chi connectivity index (χ1) is 25.3. The van der Waals surface area contributed by atoms with Crippen molar-refractivity contribution >= 4 is 65.7 Å². The van der Waals surface area contributed by atoms with Crippen LogP contribution in [0.5, 0.6) is 23.0 Å². The van der Waals surface area contributed by atoms with Crippen LogP contribution in [0.25, 0.3) is 0 Å². The van der Waals surface area contributed by atoms with Crippen molar-refractivity contribution in [3.8, 4) is 23.0 Å². The molecule has 3 fully saturated rings. The summed E-state index contributed by atoms with van der Waals surface area (Å²) in [7, 11) is 0. The number of nitrogens with one attached hydrogen (secondary N) is 3. The summed E-state index contributed by atoms with van der Waals surface area (Å²) in [6.07, 6.45) is 0.265. The Labute approximate surface area is 338 Å². The van der Waals surface area contributed by atoms with Gasteiger partial charge in [-0.1, -0.05) is 12.1 Å². The Morgan fingerprint density at radius 3 is 2.22 bits per heavy atom. The Bertz CT molecular complexity index is 2000. The number of aliphatic carboxylic acids is 1. The molecule has 3 saturated heterocycles. The van der Waals surface area contributed by atoms with Crippen molar-refractivity contribution in [3.63, 3.8) is 0 Å². The molecular formula is C33H33N6NaO14S. The normalized spacial score (nSPS) is 21.6. The van der Waals surface area contributed by atoms with E-state index >= 15 is 0 Å². The van der Waals surface area contributed by atoms with Crippen molar-refractivity contribution in [2.45, 2.75) is 62.1 Å². The van der Waals surface area contributed by atoms with Gasteiger partial charge in [0.25, 0.3) is 5.91 Å². The minimum absolute atomic E-state index is 0. The topological polar surface area (TPSA) is 281 Å². The number of carbonyl (C=O) groups excluding carboxylic acids is 9. The van der Waals surface area contributed by atoms with Crippen LogP contribution in [-0.2, 0) is 44.9 Å². The van der Waals surface area contributed by atoms with E-state index in [-0.39, 0.29) is 66.9 Å². The number of benzene rings is 2. The number of imide groups is 1. The number of phenols is 2. The second-order valence-electron chi connectivity index (χ2n) is 12.8. The van der Waals surface area contributed by atoms with Gasteiger partial charge in [-0.2, -0.15) is 0 Å². The van der Waals surface area contributed by atoms with Gasteiger partial charge < -0.3 is 50.4 Å². The van der Waals surface area contributed by atoms with Crippen LogP contribution in [0.3, 0.4) is 0 Å². The van der Waals surface area contributed by atoms with Crippen molar-refractivity contribution in [2.24, 2.45) is 0 Å². The van der Waals surface area contributed by atoms with Crippen LogP contribution in [0.4, 0.5) is 4.79 Å². The molecule has 2 aromatic rings. The number of phenolic OH excluding ortho intramolecular Hbond substituents is 2. The summed E-state index contributed by atoms with van der Waals surface area (Å²) in [5, 5.41) is 38.3. The van der Waals surface area contributed by atoms with Gasteiger partial charge in [-0.3, -0.25) is 43.4 Å². The van der Waals surface area contributed by atoms with Crippen LogP contribution >= 0.6 is 11.8 Å². The third-order valence-electron chi connectivity index (χ3n) is 8.84. The second kappa shape index (κ2) is 16.2. The zero-order chi connectivity index (χ0) is 39.9. The predicted molar refractivity (Wildman–Crippen MR) is 178 cm³/mol. The van der Waals surface area contributed by atoms with E-state index in [9.17, 15) is 58.5 Å². The van der Waals surface area contributed by atoms with E-state index in [1.165, 1.54) is 32.0 Å². The molecule has 0 aromatic heterocycles. The molecule has 7 amide bonds. The maximum atomic E-state index is 14.3. The summed E-state index contributed by atoms with van der Waals surface area (Å²) in [4.78, 5) is 118. The van der Waals surface area contributed by atoms with E-state index in [2.05, 4.69) is 16.0 Å². The number of fused-ring (bicyclic) bond motifs is 1. The molecule has 22 heteroatoms. The van der Waals surface area contributed by atoms with Crippen LogP contribution in [0.1, 0.15) is 44.9 Å². The molecule has 0 aliphatic carbocycles. The quantitative estimate of drug-likeness (QED) is 0.0271. The van der Waals surface area contributed by atoms with Crippen molar-refractivity contribution in [1.82, 2.24) is 30.7 Å². The van der Waals surface area contributed by atoms with Crippen molar-refractivity contribution in [2.75, 3.05) is 13.1 Å². The number of carboxylic acid groups (broad SMARTS) is 1. The van der Waals surface area contributed by atoms with Gasteiger partial charge in [0.15, 0.2) is 28.7 Å². The fourth-order valence-corrected chi connectivity index (χ4v) is 7.99. The first-order valence-electron chi connectivity index (χ1n) is 16.0. The summed E-state index contributed by atoms with van der Waals surface area (Å²) >= 11 is 0.944. The SMILES string of the molecule is CC(=O)Oc1ccc(C(NC(=O)N2CCN(Cc3ccc(O)c(O)c3)C(=O)C2=O)C(=O)N[C@@]2(C(=O)[O-])N3C(=O)[C@@H](NC=O)[C@H]3SC2(C)C)cc1OC(C)=O.[Na+]. The van der Waals surface area contributed by atoms with Crippen LogP contribution in [-0.4, -0.2) is 114 Å². The molecule has 2 aromatic carbocycles. The number of nitrogens with zero attached hydrogens (tertiary/aromatic N) is 3. The molecule has 20 nitrogen and oxygen atoms in total. The Morgan fingerprint density at radius 1 is 0.964 bits per heavy atom. The van der Waals surface area contributed by atoms with Crippen LogP contribution in [0.15, 0.2) is 36.4 Å². The zero-order valence-electron chi connectivity index (χ0n) is 29.9. The van der Waals surface area contributed by atoms with Gasteiger partial charge in [-0.05, 0) is 49.2 Å². The van der Waals surface area contributed by atoms with Crippen LogP contribution in [0.2, 0.25) is 0 Å². The average molecular weight is 793 g/mol. The van der Waals surface area contributed by atoms with E-state index in [1.807, 2.05) is 0 Å².